The molecule has 0 fully saturated rings. The van der Waals surface area contributed by atoms with E-state index in [1.165, 1.54) is 0 Å². The highest BCUT2D eigenvalue weighted by Gasteiger charge is 2.16. The summed E-state index contributed by atoms with van der Waals surface area (Å²) in [6.45, 7) is 0. The zero-order valence-corrected chi connectivity index (χ0v) is 8.72. The van der Waals surface area contributed by atoms with Crippen LogP contribution in [0.5, 0.6) is 5.75 Å². The van der Waals surface area contributed by atoms with E-state index in [9.17, 15) is 14.3 Å². The first-order chi connectivity index (χ1) is 8.09. The number of hydrogen-bond donors (Lipinski definition) is 2. The van der Waals surface area contributed by atoms with E-state index >= 15 is 0 Å². The average molecular weight is 232 g/mol. The Labute approximate surface area is 96.8 Å². The molecule has 2 rings (SSSR count). The van der Waals surface area contributed by atoms with E-state index in [0.717, 1.165) is 12.1 Å². The second kappa shape index (κ2) is 4.25. The van der Waals surface area contributed by atoms with Gasteiger partial charge < -0.3 is 10.2 Å². The van der Waals surface area contributed by atoms with Crippen molar-refractivity contribution >= 4 is 5.97 Å². The van der Waals surface area contributed by atoms with Gasteiger partial charge in [-0.25, -0.2) is 9.18 Å². The molecule has 0 aliphatic carbocycles. The zero-order valence-electron chi connectivity index (χ0n) is 8.72. The van der Waals surface area contributed by atoms with E-state index in [4.69, 9.17) is 5.11 Å². The maximum absolute atomic E-state index is 13.3. The smallest absolute Gasteiger partial charge is 0.339 e. The predicted octanol–water partition coefficient (Wildman–Crippen LogP) is 2.90. The standard InChI is InChI=1S/C13H9FO3/c14-9-6-10(8-4-2-1-3-5-8)12(15)11(7-9)13(16)17/h1-7,15H,(H,16,17). The van der Waals surface area contributed by atoms with E-state index in [1.807, 2.05) is 0 Å². The Morgan fingerprint density at radius 1 is 1.12 bits per heavy atom. The molecular weight excluding hydrogens is 223 g/mol. The number of hydrogen-bond acceptors (Lipinski definition) is 2. The van der Waals surface area contributed by atoms with Gasteiger partial charge in [-0.05, 0) is 17.7 Å². The lowest BCUT2D eigenvalue weighted by Crippen LogP contribution is -1.99. The van der Waals surface area contributed by atoms with Crippen LogP contribution in [-0.4, -0.2) is 16.2 Å². The number of carbonyl (C=O) groups is 1. The summed E-state index contributed by atoms with van der Waals surface area (Å²) >= 11 is 0. The van der Waals surface area contributed by atoms with Gasteiger partial charge in [0.15, 0.2) is 0 Å². The summed E-state index contributed by atoms with van der Waals surface area (Å²) in [5, 5.41) is 18.6. The van der Waals surface area contributed by atoms with Crippen LogP contribution in [0.15, 0.2) is 42.5 Å². The molecule has 86 valence electrons. The second-order valence-electron chi connectivity index (χ2n) is 3.52. The Balaban J connectivity index is 2.67. The third-order valence-corrected chi connectivity index (χ3v) is 2.39. The predicted molar refractivity (Wildman–Crippen MR) is 60.5 cm³/mol. The van der Waals surface area contributed by atoms with Crippen LogP contribution in [0.25, 0.3) is 11.1 Å². The van der Waals surface area contributed by atoms with Gasteiger partial charge in [-0.1, -0.05) is 30.3 Å². The van der Waals surface area contributed by atoms with E-state index < -0.39 is 23.1 Å². The first-order valence-corrected chi connectivity index (χ1v) is 4.91. The monoisotopic (exact) mass is 232 g/mol. The third-order valence-electron chi connectivity index (χ3n) is 2.39. The molecule has 0 unspecified atom stereocenters. The molecule has 3 nitrogen and oxygen atoms in total. The molecule has 0 saturated carbocycles. The number of carboxylic acids is 1. The van der Waals surface area contributed by atoms with E-state index in [0.29, 0.717) is 5.56 Å². The number of rotatable bonds is 2. The van der Waals surface area contributed by atoms with Crippen molar-refractivity contribution < 1.29 is 19.4 Å². The highest BCUT2D eigenvalue weighted by molar-refractivity contribution is 5.94. The normalized spacial score (nSPS) is 10.2. The molecule has 0 amide bonds. The number of aromatic carboxylic acids is 1. The number of halogens is 1. The van der Waals surface area contributed by atoms with Gasteiger partial charge in [0.05, 0.1) is 0 Å². The maximum atomic E-state index is 13.3. The van der Waals surface area contributed by atoms with E-state index in [2.05, 4.69) is 0 Å². The Bertz CT molecular complexity index is 564. The van der Waals surface area contributed by atoms with Crippen LogP contribution in [0.3, 0.4) is 0 Å². The van der Waals surface area contributed by atoms with Crippen LogP contribution >= 0.6 is 0 Å². The van der Waals surface area contributed by atoms with Crippen molar-refractivity contribution in [2.45, 2.75) is 0 Å². The molecule has 17 heavy (non-hydrogen) atoms. The van der Waals surface area contributed by atoms with Gasteiger partial charge in [-0.15, -0.1) is 0 Å². The summed E-state index contributed by atoms with van der Waals surface area (Å²) in [6, 6.07) is 10.5. The van der Waals surface area contributed by atoms with E-state index in [1.54, 1.807) is 30.3 Å². The lowest BCUT2D eigenvalue weighted by molar-refractivity contribution is 0.0693. The molecular formula is C13H9FO3. The fourth-order valence-corrected chi connectivity index (χ4v) is 1.60. The molecule has 0 heterocycles. The lowest BCUT2D eigenvalue weighted by Gasteiger charge is -2.07. The summed E-state index contributed by atoms with van der Waals surface area (Å²) in [5.41, 5.74) is 0.291. The molecule has 0 spiro atoms. The van der Waals surface area contributed by atoms with Crippen LogP contribution in [0.2, 0.25) is 0 Å². The van der Waals surface area contributed by atoms with Gasteiger partial charge >= 0.3 is 5.97 Å². The van der Waals surface area contributed by atoms with Crippen molar-refractivity contribution in [2.24, 2.45) is 0 Å². The van der Waals surface area contributed by atoms with Gasteiger partial charge in [0.25, 0.3) is 0 Å². The third kappa shape index (κ3) is 2.10. The second-order valence-corrected chi connectivity index (χ2v) is 3.52. The van der Waals surface area contributed by atoms with Crippen LogP contribution < -0.4 is 0 Å². The van der Waals surface area contributed by atoms with Crippen LogP contribution in [0, 0.1) is 5.82 Å². The van der Waals surface area contributed by atoms with Crippen molar-refractivity contribution in [3.8, 4) is 16.9 Å². The maximum Gasteiger partial charge on any atom is 0.339 e. The molecule has 0 aliphatic rings. The van der Waals surface area contributed by atoms with Crippen molar-refractivity contribution in [2.75, 3.05) is 0 Å². The first-order valence-electron chi connectivity index (χ1n) is 4.91. The largest absolute Gasteiger partial charge is 0.506 e. The summed E-state index contributed by atoms with van der Waals surface area (Å²) in [5.74, 6) is -2.48. The molecule has 0 aliphatic heterocycles. The summed E-state index contributed by atoms with van der Waals surface area (Å²) in [4.78, 5) is 10.8. The fraction of sp³-hybridized carbons (Fsp3) is 0. The summed E-state index contributed by atoms with van der Waals surface area (Å²) in [6.07, 6.45) is 0. The quantitative estimate of drug-likeness (QED) is 0.836. The first kappa shape index (κ1) is 11.1. The minimum atomic E-state index is -1.36. The van der Waals surface area contributed by atoms with E-state index in [-0.39, 0.29) is 5.56 Å². The van der Waals surface area contributed by atoms with Crippen LogP contribution in [0.4, 0.5) is 4.39 Å². The van der Waals surface area contributed by atoms with Crippen LogP contribution in [-0.2, 0) is 0 Å². The van der Waals surface area contributed by atoms with Gasteiger partial charge in [-0.2, -0.15) is 0 Å². The molecule has 0 aromatic heterocycles. The van der Waals surface area contributed by atoms with Gasteiger partial charge in [-0.3, -0.25) is 0 Å². The van der Waals surface area contributed by atoms with Crippen molar-refractivity contribution in [1.29, 1.82) is 0 Å². The van der Waals surface area contributed by atoms with Gasteiger partial charge in [0, 0.05) is 5.56 Å². The van der Waals surface area contributed by atoms with Crippen molar-refractivity contribution in [1.82, 2.24) is 0 Å². The summed E-state index contributed by atoms with van der Waals surface area (Å²) < 4.78 is 13.3. The Kier molecular flexibility index (Phi) is 2.78. The summed E-state index contributed by atoms with van der Waals surface area (Å²) in [7, 11) is 0. The minimum Gasteiger partial charge on any atom is -0.506 e. The van der Waals surface area contributed by atoms with Crippen LogP contribution in [0.1, 0.15) is 10.4 Å². The molecule has 0 bridgehead atoms. The fourth-order valence-electron chi connectivity index (χ4n) is 1.60. The highest BCUT2D eigenvalue weighted by atomic mass is 19.1. The Morgan fingerprint density at radius 3 is 2.35 bits per heavy atom. The zero-order chi connectivity index (χ0) is 12.4. The Morgan fingerprint density at radius 2 is 1.76 bits per heavy atom. The number of aromatic hydroxyl groups is 1. The van der Waals surface area contributed by atoms with Crippen molar-refractivity contribution in [3.05, 3.63) is 53.8 Å². The minimum absolute atomic E-state index is 0.169. The average Bonchev–Trinajstić information content (AvgIpc) is 2.32. The molecule has 0 saturated heterocycles. The molecule has 4 heteroatoms. The molecule has 2 aromatic carbocycles. The number of carboxylic acid groups (broad SMARTS) is 1. The van der Waals surface area contributed by atoms with Gasteiger partial charge in [0.2, 0.25) is 0 Å². The molecule has 2 aromatic rings. The van der Waals surface area contributed by atoms with Gasteiger partial charge in [0.1, 0.15) is 17.1 Å². The van der Waals surface area contributed by atoms with Crippen molar-refractivity contribution in [3.63, 3.8) is 0 Å². The topological polar surface area (TPSA) is 57.5 Å². The molecule has 0 atom stereocenters. The number of phenols is 1. The lowest BCUT2D eigenvalue weighted by atomic mass is 10.0. The SMILES string of the molecule is O=C(O)c1cc(F)cc(-c2ccccc2)c1O. The Hall–Kier alpha value is -2.36. The molecule has 0 radical (unpaired) electrons. The molecule has 2 N–H and O–H groups in total. The number of benzene rings is 2. The highest BCUT2D eigenvalue weighted by Crippen LogP contribution is 2.33.